The number of hydrogen-bond acceptors (Lipinski definition) is 3. The molecule has 0 saturated heterocycles. The van der Waals surface area contributed by atoms with Crippen molar-refractivity contribution in [2.24, 2.45) is 0 Å². The van der Waals surface area contributed by atoms with Crippen LogP contribution in [0.1, 0.15) is 22.3 Å². The van der Waals surface area contributed by atoms with Crippen molar-refractivity contribution in [1.82, 2.24) is 4.90 Å². The highest BCUT2D eigenvalue weighted by atomic mass is 16.5. The Balaban J connectivity index is 2.17. The molecule has 0 fully saturated rings. The summed E-state index contributed by atoms with van der Waals surface area (Å²) in [5, 5.41) is 2.81. The first kappa shape index (κ1) is 15.3. The molecule has 1 aliphatic heterocycles. The average molecular weight is 288 g/mol. The monoisotopic (exact) mass is 288 g/mol. The Morgan fingerprint density at radius 1 is 1.48 bits per heavy atom. The molecule has 5 nitrogen and oxygen atoms in total. The molecule has 2 rings (SSSR count). The van der Waals surface area contributed by atoms with E-state index in [0.717, 1.165) is 11.3 Å². The normalized spacial score (nSPS) is 13.3. The highest BCUT2D eigenvalue weighted by Gasteiger charge is 2.19. The van der Waals surface area contributed by atoms with Crippen LogP contribution in [-0.2, 0) is 16.0 Å². The summed E-state index contributed by atoms with van der Waals surface area (Å²) in [6.45, 7) is 5.17. The number of hydrogen-bond donors (Lipinski definition) is 1. The second-order valence-electron chi connectivity index (χ2n) is 4.95. The van der Waals surface area contributed by atoms with E-state index in [4.69, 9.17) is 4.74 Å². The lowest BCUT2D eigenvalue weighted by Crippen LogP contribution is -2.34. The number of aryl methyl sites for hydroxylation is 1. The van der Waals surface area contributed by atoms with Crippen LogP contribution in [0.3, 0.4) is 0 Å². The number of fused-ring (bicyclic) bond motifs is 1. The number of nitrogens with zero attached hydrogens (tertiary/aromatic N) is 1. The second-order valence-corrected chi connectivity index (χ2v) is 4.95. The molecule has 2 amide bonds. The fraction of sp³-hybridized carbons (Fsp3) is 0.375. The molecule has 0 unspecified atom stereocenters. The van der Waals surface area contributed by atoms with E-state index in [0.29, 0.717) is 38.1 Å². The maximum absolute atomic E-state index is 12.5. The molecule has 0 saturated carbocycles. The SMILES string of the molecule is C=CCN(CCOC)C(=O)c1ccc2c(c1)CCC(=O)N2. The molecule has 0 spiro atoms. The van der Waals surface area contributed by atoms with Gasteiger partial charge in [-0.1, -0.05) is 6.08 Å². The minimum absolute atomic E-state index is 0.0231. The largest absolute Gasteiger partial charge is 0.383 e. The second kappa shape index (κ2) is 7.04. The van der Waals surface area contributed by atoms with Crippen molar-refractivity contribution >= 4 is 17.5 Å². The summed E-state index contributed by atoms with van der Waals surface area (Å²) < 4.78 is 5.03. The Hall–Kier alpha value is -2.14. The lowest BCUT2D eigenvalue weighted by molar-refractivity contribution is -0.116. The third-order valence-corrected chi connectivity index (χ3v) is 3.45. The molecule has 1 aromatic rings. The van der Waals surface area contributed by atoms with E-state index >= 15 is 0 Å². The van der Waals surface area contributed by atoms with Gasteiger partial charge >= 0.3 is 0 Å². The van der Waals surface area contributed by atoms with Crippen LogP contribution in [0.2, 0.25) is 0 Å². The van der Waals surface area contributed by atoms with E-state index in [1.807, 2.05) is 6.07 Å². The van der Waals surface area contributed by atoms with Crippen molar-refractivity contribution in [3.05, 3.63) is 42.0 Å². The van der Waals surface area contributed by atoms with E-state index in [9.17, 15) is 9.59 Å². The molecular formula is C16H20N2O3. The van der Waals surface area contributed by atoms with E-state index in [2.05, 4.69) is 11.9 Å². The van der Waals surface area contributed by atoms with Crippen molar-refractivity contribution in [2.75, 3.05) is 32.1 Å². The van der Waals surface area contributed by atoms with Crippen LogP contribution < -0.4 is 5.32 Å². The van der Waals surface area contributed by atoms with Crippen LogP contribution >= 0.6 is 0 Å². The van der Waals surface area contributed by atoms with Gasteiger partial charge in [0.25, 0.3) is 5.91 Å². The van der Waals surface area contributed by atoms with Gasteiger partial charge in [0.1, 0.15) is 0 Å². The Labute approximate surface area is 124 Å². The molecule has 1 aliphatic rings. The number of rotatable bonds is 6. The number of carbonyl (C=O) groups excluding carboxylic acids is 2. The molecule has 0 aromatic heterocycles. The van der Waals surface area contributed by atoms with Gasteiger partial charge in [0.05, 0.1) is 6.61 Å². The Morgan fingerprint density at radius 2 is 2.29 bits per heavy atom. The average Bonchev–Trinajstić information content (AvgIpc) is 2.50. The topological polar surface area (TPSA) is 58.6 Å². The quantitative estimate of drug-likeness (QED) is 0.813. The van der Waals surface area contributed by atoms with Gasteiger partial charge in [0.2, 0.25) is 5.91 Å². The van der Waals surface area contributed by atoms with Gasteiger partial charge in [0.15, 0.2) is 0 Å². The van der Waals surface area contributed by atoms with Gasteiger partial charge < -0.3 is 15.0 Å². The van der Waals surface area contributed by atoms with Gasteiger partial charge in [-0.05, 0) is 30.2 Å². The standard InChI is InChI=1S/C16H20N2O3/c1-3-8-18(9-10-21-2)16(20)13-4-6-14-12(11-13)5-7-15(19)17-14/h3-4,6,11H,1,5,7-10H2,2H3,(H,17,19). The molecule has 0 bridgehead atoms. The fourth-order valence-electron chi connectivity index (χ4n) is 2.33. The van der Waals surface area contributed by atoms with Crippen molar-refractivity contribution < 1.29 is 14.3 Å². The minimum Gasteiger partial charge on any atom is -0.383 e. The van der Waals surface area contributed by atoms with Crippen molar-refractivity contribution in [3.8, 4) is 0 Å². The van der Waals surface area contributed by atoms with Gasteiger partial charge in [-0.15, -0.1) is 6.58 Å². The predicted octanol–water partition coefficient (Wildman–Crippen LogP) is 1.85. The van der Waals surface area contributed by atoms with Crippen LogP contribution in [0.4, 0.5) is 5.69 Å². The Bertz CT molecular complexity index is 554. The smallest absolute Gasteiger partial charge is 0.254 e. The summed E-state index contributed by atoms with van der Waals surface area (Å²) in [5.74, 6) is -0.0263. The van der Waals surface area contributed by atoms with Crippen LogP contribution in [0.5, 0.6) is 0 Å². The molecule has 0 radical (unpaired) electrons. The van der Waals surface area contributed by atoms with Crippen molar-refractivity contribution in [1.29, 1.82) is 0 Å². The zero-order chi connectivity index (χ0) is 15.2. The number of anilines is 1. The van der Waals surface area contributed by atoms with Crippen LogP contribution in [-0.4, -0.2) is 43.5 Å². The molecule has 112 valence electrons. The first-order chi connectivity index (χ1) is 10.2. The molecular weight excluding hydrogens is 268 g/mol. The van der Waals surface area contributed by atoms with Crippen LogP contribution in [0, 0.1) is 0 Å². The number of benzene rings is 1. The lowest BCUT2D eigenvalue weighted by atomic mass is 10.00. The summed E-state index contributed by atoms with van der Waals surface area (Å²) in [7, 11) is 1.61. The zero-order valence-corrected chi connectivity index (χ0v) is 12.2. The third-order valence-electron chi connectivity index (χ3n) is 3.45. The molecule has 1 aromatic carbocycles. The molecule has 0 atom stereocenters. The summed E-state index contributed by atoms with van der Waals surface area (Å²) in [6.07, 6.45) is 2.83. The Morgan fingerprint density at radius 3 is 3.00 bits per heavy atom. The van der Waals surface area contributed by atoms with Crippen LogP contribution in [0.15, 0.2) is 30.9 Å². The van der Waals surface area contributed by atoms with Gasteiger partial charge in [-0.3, -0.25) is 9.59 Å². The zero-order valence-electron chi connectivity index (χ0n) is 12.2. The summed E-state index contributed by atoms with van der Waals surface area (Å²) in [5.41, 5.74) is 2.43. The van der Waals surface area contributed by atoms with E-state index in [1.54, 1.807) is 30.2 Å². The van der Waals surface area contributed by atoms with Crippen molar-refractivity contribution in [2.45, 2.75) is 12.8 Å². The lowest BCUT2D eigenvalue weighted by Gasteiger charge is -2.22. The third kappa shape index (κ3) is 3.70. The van der Waals surface area contributed by atoms with Crippen molar-refractivity contribution in [3.63, 3.8) is 0 Å². The number of ether oxygens (including phenoxy) is 1. The van der Waals surface area contributed by atoms with E-state index in [1.165, 1.54) is 0 Å². The highest BCUT2D eigenvalue weighted by Crippen LogP contribution is 2.24. The highest BCUT2D eigenvalue weighted by molar-refractivity contribution is 5.98. The summed E-state index contributed by atoms with van der Waals surface area (Å²) >= 11 is 0. The number of amides is 2. The van der Waals surface area contributed by atoms with E-state index in [-0.39, 0.29) is 11.8 Å². The molecule has 5 heteroatoms. The first-order valence-electron chi connectivity index (χ1n) is 6.97. The predicted molar refractivity (Wildman–Crippen MR) is 81.4 cm³/mol. The Kier molecular flexibility index (Phi) is 5.11. The summed E-state index contributed by atoms with van der Waals surface area (Å²) in [6, 6.07) is 5.40. The molecule has 1 heterocycles. The van der Waals surface area contributed by atoms with E-state index < -0.39 is 0 Å². The van der Waals surface area contributed by atoms with Gasteiger partial charge in [0, 0.05) is 37.9 Å². The molecule has 21 heavy (non-hydrogen) atoms. The molecule has 1 N–H and O–H groups in total. The van der Waals surface area contributed by atoms with Gasteiger partial charge in [-0.25, -0.2) is 0 Å². The maximum atomic E-state index is 12.5. The fourth-order valence-corrected chi connectivity index (χ4v) is 2.33. The van der Waals surface area contributed by atoms with Crippen LogP contribution in [0.25, 0.3) is 0 Å². The maximum Gasteiger partial charge on any atom is 0.254 e. The number of methoxy groups -OCH3 is 1. The number of nitrogens with one attached hydrogen (secondary N) is 1. The minimum atomic E-state index is -0.0494. The van der Waals surface area contributed by atoms with Gasteiger partial charge in [-0.2, -0.15) is 0 Å². The number of carbonyl (C=O) groups is 2. The molecule has 0 aliphatic carbocycles. The first-order valence-corrected chi connectivity index (χ1v) is 6.97. The summed E-state index contributed by atoms with van der Waals surface area (Å²) in [4.78, 5) is 25.6.